The van der Waals surface area contributed by atoms with Gasteiger partial charge >= 0.3 is 0 Å². The largest absolute Gasteiger partial charge is 0.489 e. The zero-order valence-electron chi connectivity index (χ0n) is 15.4. The van der Waals surface area contributed by atoms with Gasteiger partial charge in [-0.3, -0.25) is 0 Å². The van der Waals surface area contributed by atoms with Gasteiger partial charge < -0.3 is 14.7 Å². The molecular formula is C21H27BrClNO2. The maximum atomic E-state index is 10.8. The maximum Gasteiger partial charge on any atom is 0.125 e. The third-order valence-electron chi connectivity index (χ3n) is 4.15. The fraction of sp³-hybridized carbons (Fsp3) is 0.429. The summed E-state index contributed by atoms with van der Waals surface area (Å²) < 4.78 is 6.93. The summed E-state index contributed by atoms with van der Waals surface area (Å²) in [6, 6.07) is 13.4. The first-order valence-corrected chi connectivity index (χ1v) is 10.3. The molecule has 2 aromatic carbocycles. The summed E-state index contributed by atoms with van der Waals surface area (Å²) in [5.74, 6) is 0.712. The van der Waals surface area contributed by atoms with Crippen molar-refractivity contribution in [2.24, 2.45) is 0 Å². The van der Waals surface area contributed by atoms with Gasteiger partial charge in [0.1, 0.15) is 12.4 Å². The van der Waals surface area contributed by atoms with E-state index in [1.54, 1.807) is 0 Å². The first-order chi connectivity index (χ1) is 12.5. The number of ether oxygens (including phenoxy) is 1. The van der Waals surface area contributed by atoms with E-state index in [2.05, 4.69) is 34.7 Å². The molecule has 0 aromatic heterocycles. The summed E-state index contributed by atoms with van der Waals surface area (Å²) in [7, 11) is 0. The van der Waals surface area contributed by atoms with Crippen LogP contribution in [0.5, 0.6) is 5.75 Å². The van der Waals surface area contributed by atoms with Gasteiger partial charge in [0.05, 0.1) is 6.10 Å². The highest BCUT2D eigenvalue weighted by Gasteiger charge is 2.17. The Labute approximate surface area is 170 Å². The van der Waals surface area contributed by atoms with Crippen LogP contribution in [0.4, 0.5) is 0 Å². The lowest BCUT2D eigenvalue weighted by Crippen LogP contribution is -2.30. The topological polar surface area (TPSA) is 32.7 Å². The van der Waals surface area contributed by atoms with Crippen molar-refractivity contribution >= 4 is 27.5 Å². The molecule has 1 N–H and O–H groups in total. The van der Waals surface area contributed by atoms with Crippen LogP contribution < -0.4 is 4.74 Å². The van der Waals surface area contributed by atoms with Crippen LogP contribution in [0.2, 0.25) is 5.02 Å². The minimum atomic E-state index is -0.592. The number of hydrogen-bond acceptors (Lipinski definition) is 3. The zero-order chi connectivity index (χ0) is 18.9. The van der Waals surface area contributed by atoms with Crippen LogP contribution in [0.25, 0.3) is 0 Å². The first kappa shape index (κ1) is 21.2. The monoisotopic (exact) mass is 439 g/mol. The molecule has 0 saturated carbocycles. The van der Waals surface area contributed by atoms with Gasteiger partial charge in [-0.1, -0.05) is 53.5 Å². The number of hydrogen-bond donors (Lipinski definition) is 1. The van der Waals surface area contributed by atoms with Crippen LogP contribution in [-0.2, 0) is 6.61 Å². The lowest BCUT2D eigenvalue weighted by atomic mass is 10.1. The molecule has 1 atom stereocenters. The predicted molar refractivity (Wildman–Crippen MR) is 112 cm³/mol. The minimum absolute atomic E-state index is 0.437. The summed E-state index contributed by atoms with van der Waals surface area (Å²) >= 11 is 9.43. The lowest BCUT2D eigenvalue weighted by molar-refractivity contribution is 0.109. The minimum Gasteiger partial charge on any atom is -0.489 e. The van der Waals surface area contributed by atoms with Crippen molar-refractivity contribution in [3.05, 3.63) is 63.1 Å². The van der Waals surface area contributed by atoms with E-state index in [0.717, 1.165) is 41.5 Å². The fourth-order valence-electron chi connectivity index (χ4n) is 2.92. The molecule has 3 nitrogen and oxygen atoms in total. The van der Waals surface area contributed by atoms with Gasteiger partial charge in [0.2, 0.25) is 0 Å². The average Bonchev–Trinajstić information content (AvgIpc) is 2.62. The second-order valence-corrected chi connectivity index (χ2v) is 7.77. The average molecular weight is 441 g/mol. The zero-order valence-corrected chi connectivity index (χ0v) is 17.8. The van der Waals surface area contributed by atoms with Crippen LogP contribution in [0.3, 0.4) is 0 Å². The highest BCUT2D eigenvalue weighted by atomic mass is 79.9. The number of aliphatic hydroxyl groups excluding tert-OH is 1. The molecule has 0 fully saturated rings. The van der Waals surface area contributed by atoms with Gasteiger partial charge in [-0.05, 0) is 61.8 Å². The van der Waals surface area contributed by atoms with E-state index in [9.17, 15) is 5.11 Å². The molecule has 0 amide bonds. The predicted octanol–water partition coefficient (Wildman–Crippen LogP) is 5.84. The van der Waals surface area contributed by atoms with E-state index in [4.69, 9.17) is 16.3 Å². The van der Waals surface area contributed by atoms with E-state index in [-0.39, 0.29) is 0 Å². The van der Waals surface area contributed by atoms with Crippen LogP contribution in [0.1, 0.15) is 43.9 Å². The third-order valence-corrected chi connectivity index (χ3v) is 4.89. The number of nitrogens with zero attached hydrogens (tertiary/aromatic N) is 1. The molecule has 0 saturated heterocycles. The van der Waals surface area contributed by atoms with Gasteiger partial charge in [-0.15, -0.1) is 0 Å². The Morgan fingerprint density at radius 1 is 1.08 bits per heavy atom. The van der Waals surface area contributed by atoms with E-state index in [1.165, 1.54) is 0 Å². The molecular weight excluding hydrogens is 414 g/mol. The van der Waals surface area contributed by atoms with Crippen LogP contribution >= 0.6 is 27.5 Å². The molecule has 26 heavy (non-hydrogen) atoms. The first-order valence-electron chi connectivity index (χ1n) is 9.10. The van der Waals surface area contributed by atoms with Crippen LogP contribution in [0.15, 0.2) is 46.9 Å². The van der Waals surface area contributed by atoms with E-state index >= 15 is 0 Å². The molecule has 0 bridgehead atoms. The van der Waals surface area contributed by atoms with E-state index in [1.807, 2.05) is 42.5 Å². The fourth-order valence-corrected chi connectivity index (χ4v) is 3.43. The molecule has 0 aliphatic rings. The lowest BCUT2D eigenvalue weighted by Gasteiger charge is -2.25. The Morgan fingerprint density at radius 2 is 1.73 bits per heavy atom. The summed E-state index contributed by atoms with van der Waals surface area (Å²) in [6.07, 6.45) is 1.56. The summed E-state index contributed by atoms with van der Waals surface area (Å²) in [6.45, 7) is 7.34. The Hall–Kier alpha value is -1.07. The third kappa shape index (κ3) is 6.58. The van der Waals surface area contributed by atoms with Crippen molar-refractivity contribution in [3.63, 3.8) is 0 Å². The molecule has 0 heterocycles. The Bertz CT molecular complexity index is 672. The number of rotatable bonds is 10. The molecule has 0 aliphatic heterocycles. The van der Waals surface area contributed by atoms with Gasteiger partial charge in [0, 0.05) is 21.6 Å². The molecule has 1 unspecified atom stereocenters. The number of aliphatic hydroxyl groups is 1. The van der Waals surface area contributed by atoms with Crippen LogP contribution in [-0.4, -0.2) is 29.6 Å². The van der Waals surface area contributed by atoms with Gasteiger partial charge in [0.25, 0.3) is 0 Å². The van der Waals surface area contributed by atoms with Crippen LogP contribution in [0, 0.1) is 0 Å². The summed E-state index contributed by atoms with van der Waals surface area (Å²) in [5.41, 5.74) is 1.85. The van der Waals surface area contributed by atoms with E-state index < -0.39 is 6.10 Å². The Kier molecular flexibility index (Phi) is 8.93. The number of halogens is 2. The molecule has 2 rings (SSSR count). The van der Waals surface area contributed by atoms with E-state index in [0.29, 0.717) is 23.9 Å². The van der Waals surface area contributed by atoms with Crippen molar-refractivity contribution in [1.29, 1.82) is 0 Å². The Balaban J connectivity index is 2.11. The quantitative estimate of drug-likeness (QED) is 0.504. The van der Waals surface area contributed by atoms with Crippen molar-refractivity contribution in [3.8, 4) is 5.75 Å². The van der Waals surface area contributed by atoms with Crippen molar-refractivity contribution < 1.29 is 9.84 Å². The summed E-state index contributed by atoms with van der Waals surface area (Å²) in [4.78, 5) is 2.30. The molecule has 142 valence electrons. The molecule has 0 aliphatic carbocycles. The Morgan fingerprint density at radius 3 is 2.35 bits per heavy atom. The second kappa shape index (κ2) is 10.9. The molecule has 0 spiro atoms. The standard InChI is InChI=1S/C21H27BrClNO2/c1-3-11-24(12-4-2)14-20(25)19-13-17(22)7-10-21(19)26-15-16-5-8-18(23)9-6-16/h5-10,13,20,25H,3-4,11-12,14-15H2,1-2H3. The molecule has 2 aromatic rings. The highest BCUT2D eigenvalue weighted by Crippen LogP contribution is 2.30. The summed E-state index contributed by atoms with van der Waals surface area (Å²) in [5, 5.41) is 11.5. The van der Waals surface area contributed by atoms with Crippen molar-refractivity contribution in [2.75, 3.05) is 19.6 Å². The highest BCUT2D eigenvalue weighted by molar-refractivity contribution is 9.10. The van der Waals surface area contributed by atoms with Gasteiger partial charge in [0.15, 0.2) is 0 Å². The maximum absolute atomic E-state index is 10.8. The van der Waals surface area contributed by atoms with Gasteiger partial charge in [-0.2, -0.15) is 0 Å². The van der Waals surface area contributed by atoms with Gasteiger partial charge in [-0.25, -0.2) is 0 Å². The molecule has 0 radical (unpaired) electrons. The van der Waals surface area contributed by atoms with Crippen molar-refractivity contribution in [2.45, 2.75) is 39.4 Å². The van der Waals surface area contributed by atoms with Crippen molar-refractivity contribution in [1.82, 2.24) is 4.90 Å². The smallest absolute Gasteiger partial charge is 0.125 e. The normalized spacial score (nSPS) is 12.4. The molecule has 5 heteroatoms. The SMILES string of the molecule is CCCN(CCC)CC(O)c1cc(Br)ccc1OCc1ccc(Cl)cc1. The second-order valence-electron chi connectivity index (χ2n) is 6.41. The number of benzene rings is 2.